The van der Waals surface area contributed by atoms with E-state index in [0.717, 1.165) is 12.3 Å². The summed E-state index contributed by atoms with van der Waals surface area (Å²) < 4.78 is 0. The molecule has 1 aromatic carbocycles. The van der Waals surface area contributed by atoms with Crippen LogP contribution in [0.1, 0.15) is 24.8 Å². The van der Waals surface area contributed by atoms with Crippen LogP contribution in [0, 0.1) is 11.8 Å². The Hall–Kier alpha value is -1.86. The molecule has 1 heteroatoms. The van der Waals surface area contributed by atoms with E-state index in [1.54, 1.807) is 5.57 Å². The summed E-state index contributed by atoms with van der Waals surface area (Å²) in [6, 6.07) is 11.4. The molecular formula is C20H22N+. The second-order valence-electron chi connectivity index (χ2n) is 6.38. The SMILES string of the molecule is C1=CC(C2C=C(C3CC3)C=C[NH2+]2)CC(c2ccccc2)=C1. The van der Waals surface area contributed by atoms with Crippen LogP contribution >= 0.6 is 0 Å². The van der Waals surface area contributed by atoms with Crippen molar-refractivity contribution >= 4 is 5.57 Å². The molecule has 0 spiro atoms. The van der Waals surface area contributed by atoms with Gasteiger partial charge >= 0.3 is 0 Å². The van der Waals surface area contributed by atoms with Crippen LogP contribution in [0.4, 0.5) is 0 Å². The van der Waals surface area contributed by atoms with Gasteiger partial charge in [0.1, 0.15) is 6.04 Å². The number of allylic oxidation sites excluding steroid dienone is 5. The van der Waals surface area contributed by atoms with Gasteiger partial charge in [-0.2, -0.15) is 0 Å². The zero-order valence-electron chi connectivity index (χ0n) is 12.3. The summed E-state index contributed by atoms with van der Waals surface area (Å²) >= 11 is 0. The van der Waals surface area contributed by atoms with E-state index in [2.05, 4.69) is 72.2 Å². The molecule has 2 aliphatic carbocycles. The number of nitrogens with two attached hydrogens (primary N) is 1. The predicted octanol–water partition coefficient (Wildman–Crippen LogP) is 3.44. The first-order valence-electron chi connectivity index (χ1n) is 8.06. The number of benzene rings is 1. The van der Waals surface area contributed by atoms with Gasteiger partial charge in [-0.1, -0.05) is 48.6 Å². The normalized spacial score (nSPS) is 28.2. The molecule has 4 rings (SSSR count). The van der Waals surface area contributed by atoms with Gasteiger partial charge in [0.05, 0.1) is 6.20 Å². The Labute approximate surface area is 126 Å². The van der Waals surface area contributed by atoms with Gasteiger partial charge in [-0.3, -0.25) is 0 Å². The van der Waals surface area contributed by atoms with Crippen LogP contribution in [-0.4, -0.2) is 6.04 Å². The third-order valence-electron chi connectivity index (χ3n) is 4.81. The maximum atomic E-state index is 2.51. The summed E-state index contributed by atoms with van der Waals surface area (Å²) in [5.41, 5.74) is 4.41. The molecule has 0 bridgehead atoms. The van der Waals surface area contributed by atoms with E-state index >= 15 is 0 Å². The Morgan fingerprint density at radius 1 is 1.05 bits per heavy atom. The van der Waals surface area contributed by atoms with Crippen LogP contribution in [0.5, 0.6) is 0 Å². The second kappa shape index (κ2) is 5.50. The average molecular weight is 276 g/mol. The van der Waals surface area contributed by atoms with Crippen molar-refractivity contribution in [2.45, 2.75) is 25.3 Å². The van der Waals surface area contributed by atoms with Crippen LogP contribution in [0.15, 0.2) is 72.5 Å². The Bertz CT molecular complexity index is 629. The quantitative estimate of drug-likeness (QED) is 0.871. The van der Waals surface area contributed by atoms with Crippen molar-refractivity contribution in [1.29, 1.82) is 0 Å². The topological polar surface area (TPSA) is 16.6 Å². The minimum atomic E-state index is 0.564. The summed E-state index contributed by atoms with van der Waals surface area (Å²) in [6.07, 6.45) is 17.9. The average Bonchev–Trinajstić information content (AvgIpc) is 3.41. The molecular weight excluding hydrogens is 254 g/mol. The van der Waals surface area contributed by atoms with Gasteiger partial charge in [0.15, 0.2) is 0 Å². The van der Waals surface area contributed by atoms with Gasteiger partial charge in [0, 0.05) is 5.92 Å². The highest BCUT2D eigenvalue weighted by atomic mass is 14.9. The maximum absolute atomic E-state index is 2.51. The van der Waals surface area contributed by atoms with E-state index < -0.39 is 0 Å². The molecule has 2 N–H and O–H groups in total. The van der Waals surface area contributed by atoms with E-state index in [1.165, 1.54) is 24.0 Å². The fraction of sp³-hybridized carbons (Fsp3) is 0.300. The zero-order valence-corrected chi connectivity index (χ0v) is 12.3. The van der Waals surface area contributed by atoms with E-state index in [9.17, 15) is 0 Å². The highest BCUT2D eigenvalue weighted by Crippen LogP contribution is 2.38. The van der Waals surface area contributed by atoms with Crippen molar-refractivity contribution in [1.82, 2.24) is 0 Å². The largest absolute Gasteiger partial charge is 0.314 e. The Balaban J connectivity index is 1.52. The third-order valence-corrected chi connectivity index (χ3v) is 4.81. The standard InChI is InChI=1S/C20H21N/c1-2-5-15(6-3-1)17-7-4-8-19(13-17)20-14-18(11-12-21-20)16-9-10-16/h1-8,11-12,14,16,19-21H,9-10,13H2/p+1. The Kier molecular flexibility index (Phi) is 3.36. The molecule has 1 saturated carbocycles. The molecule has 0 saturated heterocycles. The van der Waals surface area contributed by atoms with Crippen LogP contribution in [-0.2, 0) is 0 Å². The summed E-state index contributed by atoms with van der Waals surface area (Å²) in [5, 5.41) is 2.37. The van der Waals surface area contributed by atoms with Crippen LogP contribution < -0.4 is 5.32 Å². The fourth-order valence-electron chi connectivity index (χ4n) is 3.42. The summed E-state index contributed by atoms with van der Waals surface area (Å²) in [7, 11) is 0. The highest BCUT2D eigenvalue weighted by molar-refractivity contribution is 5.68. The van der Waals surface area contributed by atoms with Crippen molar-refractivity contribution in [2.75, 3.05) is 0 Å². The first-order valence-corrected chi connectivity index (χ1v) is 8.06. The lowest BCUT2D eigenvalue weighted by Crippen LogP contribution is -2.86. The molecule has 1 aliphatic heterocycles. The molecule has 1 fully saturated rings. The van der Waals surface area contributed by atoms with Crippen molar-refractivity contribution in [3.05, 3.63) is 78.0 Å². The highest BCUT2D eigenvalue weighted by Gasteiger charge is 2.30. The summed E-state index contributed by atoms with van der Waals surface area (Å²) in [5.74, 6) is 1.46. The first kappa shape index (κ1) is 12.8. The van der Waals surface area contributed by atoms with Gasteiger partial charge < -0.3 is 5.32 Å². The fourth-order valence-corrected chi connectivity index (χ4v) is 3.42. The van der Waals surface area contributed by atoms with E-state index in [1.807, 2.05) is 0 Å². The molecule has 0 amide bonds. The Morgan fingerprint density at radius 2 is 1.90 bits per heavy atom. The van der Waals surface area contributed by atoms with Crippen molar-refractivity contribution in [2.24, 2.45) is 11.8 Å². The van der Waals surface area contributed by atoms with Gasteiger partial charge in [0.25, 0.3) is 0 Å². The minimum Gasteiger partial charge on any atom is -0.314 e. The molecule has 1 nitrogen and oxygen atoms in total. The zero-order chi connectivity index (χ0) is 14.1. The molecule has 106 valence electrons. The predicted molar refractivity (Wildman–Crippen MR) is 87.3 cm³/mol. The molecule has 0 aromatic heterocycles. The van der Waals surface area contributed by atoms with Crippen molar-refractivity contribution in [3.63, 3.8) is 0 Å². The number of rotatable bonds is 3. The van der Waals surface area contributed by atoms with Gasteiger partial charge in [-0.25, -0.2) is 0 Å². The smallest absolute Gasteiger partial charge is 0.116 e. The van der Waals surface area contributed by atoms with Gasteiger partial charge in [-0.05, 0) is 54.0 Å². The molecule has 2 atom stereocenters. The molecule has 2 unspecified atom stereocenters. The maximum Gasteiger partial charge on any atom is 0.116 e. The third kappa shape index (κ3) is 2.79. The van der Waals surface area contributed by atoms with E-state index in [4.69, 9.17) is 0 Å². The van der Waals surface area contributed by atoms with E-state index in [-0.39, 0.29) is 0 Å². The molecule has 0 radical (unpaired) electrons. The van der Waals surface area contributed by atoms with E-state index in [0.29, 0.717) is 12.0 Å². The lowest BCUT2D eigenvalue weighted by Gasteiger charge is -2.25. The van der Waals surface area contributed by atoms with Gasteiger partial charge in [0.2, 0.25) is 0 Å². The monoisotopic (exact) mass is 276 g/mol. The summed E-state index contributed by atoms with van der Waals surface area (Å²) in [4.78, 5) is 0. The van der Waals surface area contributed by atoms with Gasteiger partial charge in [-0.15, -0.1) is 0 Å². The number of hydrogen-bond donors (Lipinski definition) is 1. The molecule has 1 heterocycles. The minimum absolute atomic E-state index is 0.564. The molecule has 3 aliphatic rings. The lowest BCUT2D eigenvalue weighted by molar-refractivity contribution is -0.622. The van der Waals surface area contributed by atoms with Crippen LogP contribution in [0.25, 0.3) is 5.57 Å². The van der Waals surface area contributed by atoms with Crippen LogP contribution in [0.2, 0.25) is 0 Å². The summed E-state index contributed by atoms with van der Waals surface area (Å²) in [6.45, 7) is 0. The van der Waals surface area contributed by atoms with Crippen molar-refractivity contribution < 1.29 is 5.32 Å². The van der Waals surface area contributed by atoms with Crippen molar-refractivity contribution in [3.8, 4) is 0 Å². The first-order chi connectivity index (χ1) is 10.4. The molecule has 21 heavy (non-hydrogen) atoms. The number of quaternary nitrogens is 1. The number of hydrogen-bond acceptors (Lipinski definition) is 0. The lowest BCUT2D eigenvalue weighted by atomic mass is 9.84. The second-order valence-corrected chi connectivity index (χ2v) is 6.38. The Morgan fingerprint density at radius 3 is 2.71 bits per heavy atom. The molecule has 1 aromatic rings. The van der Waals surface area contributed by atoms with Crippen LogP contribution in [0.3, 0.4) is 0 Å².